The van der Waals surface area contributed by atoms with E-state index in [4.69, 9.17) is 17.5 Å². The van der Waals surface area contributed by atoms with Crippen LogP contribution in [0.15, 0.2) is 30.3 Å². The molecular weight excluding hydrogens is 280 g/mol. The second-order valence-corrected chi connectivity index (χ2v) is 6.18. The summed E-state index contributed by atoms with van der Waals surface area (Å²) in [6.45, 7) is 4.23. The minimum atomic E-state index is -0.144. The van der Waals surface area contributed by atoms with Crippen LogP contribution >= 0.6 is 12.2 Å². The van der Waals surface area contributed by atoms with Gasteiger partial charge < -0.3 is 5.32 Å². The second-order valence-electron chi connectivity index (χ2n) is 5.61. The summed E-state index contributed by atoms with van der Waals surface area (Å²) in [7, 11) is 0. The van der Waals surface area contributed by atoms with E-state index in [9.17, 15) is 4.79 Å². The van der Waals surface area contributed by atoms with E-state index in [1.165, 1.54) is 5.56 Å². The van der Waals surface area contributed by atoms with Crippen LogP contribution in [0.3, 0.4) is 0 Å². The van der Waals surface area contributed by atoms with Gasteiger partial charge in [-0.25, -0.2) is 0 Å². The number of carbonyl (C=O) groups excluding carboxylic acids is 1. The zero-order valence-corrected chi connectivity index (χ0v) is 13.5. The molecule has 1 aromatic rings. The Morgan fingerprint density at radius 2 is 2.00 bits per heavy atom. The van der Waals surface area contributed by atoms with Crippen LogP contribution in [0, 0.1) is 23.2 Å². The van der Waals surface area contributed by atoms with Crippen LogP contribution in [0.2, 0.25) is 0 Å². The van der Waals surface area contributed by atoms with Gasteiger partial charge in [0.2, 0.25) is 5.91 Å². The third kappa shape index (κ3) is 7.01. The second kappa shape index (κ2) is 9.25. The number of nitriles is 1. The van der Waals surface area contributed by atoms with E-state index >= 15 is 0 Å². The van der Waals surface area contributed by atoms with Gasteiger partial charge in [-0.1, -0.05) is 56.4 Å². The molecule has 0 aliphatic rings. The van der Waals surface area contributed by atoms with Crippen LogP contribution in [-0.4, -0.2) is 17.3 Å². The Morgan fingerprint density at radius 3 is 2.57 bits per heavy atom. The molecule has 1 N–H and O–H groups in total. The molecule has 112 valence electrons. The Kier molecular flexibility index (Phi) is 7.63. The van der Waals surface area contributed by atoms with Gasteiger partial charge in [0.25, 0.3) is 0 Å². The van der Waals surface area contributed by atoms with Gasteiger partial charge in [-0.15, -0.1) is 0 Å². The topological polar surface area (TPSA) is 52.9 Å². The Labute approximate surface area is 132 Å². The number of nitrogens with zero attached hydrogens (tertiary/aromatic N) is 1. The SMILES string of the molecule is CC(C)C[C@H](CC(=S)Cc1ccccc1)C(=O)NCC#N. The molecule has 0 aromatic heterocycles. The van der Waals surface area contributed by atoms with Gasteiger partial charge in [0.05, 0.1) is 6.07 Å². The first-order valence-corrected chi connectivity index (χ1v) is 7.64. The van der Waals surface area contributed by atoms with Gasteiger partial charge >= 0.3 is 0 Å². The highest BCUT2D eigenvalue weighted by atomic mass is 32.1. The average molecular weight is 302 g/mol. The number of hydrogen-bond donors (Lipinski definition) is 1. The molecule has 0 saturated heterocycles. The lowest BCUT2D eigenvalue weighted by Crippen LogP contribution is -2.33. The van der Waals surface area contributed by atoms with E-state index < -0.39 is 0 Å². The molecule has 21 heavy (non-hydrogen) atoms. The van der Waals surface area contributed by atoms with E-state index in [0.29, 0.717) is 12.3 Å². The van der Waals surface area contributed by atoms with Crippen molar-refractivity contribution >= 4 is 23.0 Å². The first kappa shape index (κ1) is 17.3. The van der Waals surface area contributed by atoms with Gasteiger partial charge in [0.1, 0.15) is 6.54 Å². The number of hydrogen-bond acceptors (Lipinski definition) is 3. The molecule has 1 amide bonds. The number of benzene rings is 1. The highest BCUT2D eigenvalue weighted by molar-refractivity contribution is 7.80. The molecule has 0 saturated carbocycles. The van der Waals surface area contributed by atoms with Crippen molar-refractivity contribution in [2.24, 2.45) is 11.8 Å². The number of rotatable bonds is 8. The van der Waals surface area contributed by atoms with Crippen molar-refractivity contribution in [2.75, 3.05) is 6.54 Å². The lowest BCUT2D eigenvalue weighted by atomic mass is 9.90. The standard InChI is InChI=1S/C17H22N2OS/c1-13(2)10-15(17(20)19-9-8-18)12-16(21)11-14-6-4-3-5-7-14/h3-7,13,15H,9-12H2,1-2H3,(H,19,20)/t15-/m1/s1. The molecule has 0 aliphatic heterocycles. The minimum absolute atomic E-state index is 0.0544. The minimum Gasteiger partial charge on any atom is -0.343 e. The third-order valence-electron chi connectivity index (χ3n) is 3.19. The highest BCUT2D eigenvalue weighted by Gasteiger charge is 2.21. The molecule has 1 aromatic carbocycles. The number of nitrogens with one attached hydrogen (secondary N) is 1. The van der Waals surface area contributed by atoms with Gasteiger partial charge in [-0.2, -0.15) is 5.26 Å². The predicted octanol–water partition coefficient (Wildman–Crippen LogP) is 3.29. The molecular formula is C17H22N2OS. The van der Waals surface area contributed by atoms with Crippen molar-refractivity contribution in [3.8, 4) is 6.07 Å². The van der Waals surface area contributed by atoms with Crippen LogP contribution in [0.25, 0.3) is 0 Å². The molecule has 0 bridgehead atoms. The molecule has 3 nitrogen and oxygen atoms in total. The van der Waals surface area contributed by atoms with Crippen LogP contribution in [0.5, 0.6) is 0 Å². The van der Waals surface area contributed by atoms with Gasteiger partial charge in [0.15, 0.2) is 0 Å². The molecule has 4 heteroatoms. The van der Waals surface area contributed by atoms with Crippen molar-refractivity contribution < 1.29 is 4.79 Å². The van der Waals surface area contributed by atoms with Crippen LogP contribution in [0.4, 0.5) is 0 Å². The summed E-state index contributed by atoms with van der Waals surface area (Å²) in [5.41, 5.74) is 1.17. The fourth-order valence-electron chi connectivity index (χ4n) is 2.29. The molecule has 0 spiro atoms. The Hall–Kier alpha value is -1.73. The fourth-order valence-corrected chi connectivity index (χ4v) is 2.66. The van der Waals surface area contributed by atoms with Gasteiger partial charge in [-0.3, -0.25) is 4.79 Å². The summed E-state index contributed by atoms with van der Waals surface area (Å²) in [6.07, 6.45) is 2.10. The largest absolute Gasteiger partial charge is 0.343 e. The first-order chi connectivity index (χ1) is 10.0. The monoisotopic (exact) mass is 302 g/mol. The quantitative estimate of drug-likeness (QED) is 0.592. The Bertz CT molecular complexity index is 505. The number of thiocarbonyl (C=S) groups is 1. The third-order valence-corrected chi connectivity index (χ3v) is 3.50. The first-order valence-electron chi connectivity index (χ1n) is 7.23. The smallest absolute Gasteiger partial charge is 0.224 e. The zero-order valence-electron chi connectivity index (χ0n) is 12.6. The average Bonchev–Trinajstić information content (AvgIpc) is 2.44. The van der Waals surface area contributed by atoms with E-state index in [1.54, 1.807) is 0 Å². The Balaban J connectivity index is 2.61. The van der Waals surface area contributed by atoms with E-state index in [-0.39, 0.29) is 18.4 Å². The molecule has 0 fully saturated rings. The molecule has 0 radical (unpaired) electrons. The summed E-state index contributed by atoms with van der Waals surface area (Å²) in [5.74, 6) is 0.206. The molecule has 0 aliphatic carbocycles. The van der Waals surface area contributed by atoms with E-state index in [1.807, 2.05) is 36.4 Å². The lowest BCUT2D eigenvalue weighted by molar-refractivity contribution is -0.125. The summed E-state index contributed by atoms with van der Waals surface area (Å²) < 4.78 is 0. The number of amides is 1. The summed E-state index contributed by atoms with van der Waals surface area (Å²) in [4.78, 5) is 13.0. The van der Waals surface area contributed by atoms with Crippen LogP contribution in [0.1, 0.15) is 32.3 Å². The maximum absolute atomic E-state index is 12.1. The predicted molar refractivity (Wildman–Crippen MR) is 88.9 cm³/mol. The highest BCUT2D eigenvalue weighted by Crippen LogP contribution is 2.18. The summed E-state index contributed by atoms with van der Waals surface area (Å²) in [5, 5.41) is 11.2. The van der Waals surface area contributed by atoms with Gasteiger partial charge in [0, 0.05) is 12.3 Å². The van der Waals surface area contributed by atoms with Crippen molar-refractivity contribution in [1.82, 2.24) is 5.32 Å². The van der Waals surface area contributed by atoms with Crippen molar-refractivity contribution in [1.29, 1.82) is 5.26 Å². The van der Waals surface area contributed by atoms with Crippen molar-refractivity contribution in [3.05, 3.63) is 35.9 Å². The maximum atomic E-state index is 12.1. The normalized spacial score (nSPS) is 11.7. The maximum Gasteiger partial charge on any atom is 0.224 e. The summed E-state index contributed by atoms with van der Waals surface area (Å²) >= 11 is 5.45. The van der Waals surface area contributed by atoms with Crippen LogP contribution in [-0.2, 0) is 11.2 Å². The lowest BCUT2D eigenvalue weighted by Gasteiger charge is -2.18. The fraction of sp³-hybridized carbons (Fsp3) is 0.471. The zero-order chi connectivity index (χ0) is 15.7. The molecule has 1 rings (SSSR count). The van der Waals surface area contributed by atoms with E-state index in [0.717, 1.165) is 17.7 Å². The van der Waals surface area contributed by atoms with Gasteiger partial charge in [-0.05, 0) is 29.2 Å². The Morgan fingerprint density at radius 1 is 1.33 bits per heavy atom. The number of carbonyl (C=O) groups is 1. The van der Waals surface area contributed by atoms with Crippen molar-refractivity contribution in [2.45, 2.75) is 33.1 Å². The molecule has 0 unspecified atom stereocenters. The summed E-state index contributed by atoms with van der Waals surface area (Å²) in [6, 6.07) is 12.0. The van der Waals surface area contributed by atoms with E-state index in [2.05, 4.69) is 19.2 Å². The van der Waals surface area contributed by atoms with Crippen molar-refractivity contribution in [3.63, 3.8) is 0 Å². The van der Waals surface area contributed by atoms with Crippen LogP contribution < -0.4 is 5.32 Å². The molecule has 1 atom stereocenters. The molecule has 0 heterocycles.